The largest absolute Gasteiger partial charge is 0.355 e. The van der Waals surface area contributed by atoms with Crippen LogP contribution in [0.3, 0.4) is 0 Å². The van der Waals surface area contributed by atoms with Gasteiger partial charge in [-0.15, -0.1) is 0 Å². The average molecular weight is 283 g/mol. The first-order chi connectivity index (χ1) is 9.99. The van der Waals surface area contributed by atoms with Crippen molar-refractivity contribution in [1.29, 1.82) is 0 Å². The van der Waals surface area contributed by atoms with Crippen LogP contribution in [0.5, 0.6) is 0 Å². The zero-order chi connectivity index (χ0) is 15.4. The van der Waals surface area contributed by atoms with Gasteiger partial charge in [-0.3, -0.25) is 0 Å². The molecule has 112 valence electrons. The molecule has 0 aliphatic carbocycles. The predicted octanol–water partition coefficient (Wildman–Crippen LogP) is 3.61. The third kappa shape index (κ3) is 4.05. The van der Waals surface area contributed by atoms with Gasteiger partial charge in [0.2, 0.25) is 0 Å². The van der Waals surface area contributed by atoms with Crippen LogP contribution in [0.2, 0.25) is 0 Å². The summed E-state index contributed by atoms with van der Waals surface area (Å²) >= 11 is 0. The summed E-state index contributed by atoms with van der Waals surface area (Å²) in [6, 6.07) is 12.8. The number of anilines is 1. The Morgan fingerprint density at radius 3 is 2.52 bits per heavy atom. The molecule has 0 unspecified atom stereocenters. The maximum atomic E-state index is 5.81. The van der Waals surface area contributed by atoms with Gasteiger partial charge in [0.15, 0.2) is 0 Å². The van der Waals surface area contributed by atoms with Gasteiger partial charge in [0.25, 0.3) is 0 Å². The summed E-state index contributed by atoms with van der Waals surface area (Å²) in [7, 11) is 2.08. The van der Waals surface area contributed by atoms with Gasteiger partial charge in [0.05, 0.1) is 0 Å². The number of hydrogen-bond acceptors (Lipinski definition) is 3. The van der Waals surface area contributed by atoms with Crippen LogP contribution < -0.4 is 10.6 Å². The van der Waals surface area contributed by atoms with E-state index in [-0.39, 0.29) is 0 Å². The van der Waals surface area contributed by atoms with Gasteiger partial charge in [0.1, 0.15) is 5.82 Å². The summed E-state index contributed by atoms with van der Waals surface area (Å²) in [6.45, 7) is 7.83. The highest BCUT2D eigenvalue weighted by Gasteiger charge is 2.09. The summed E-state index contributed by atoms with van der Waals surface area (Å²) in [5.41, 5.74) is 10.6. The fourth-order valence-electron chi connectivity index (χ4n) is 2.37. The summed E-state index contributed by atoms with van der Waals surface area (Å²) in [5.74, 6) is 1.39. The second-order valence-electron chi connectivity index (χ2n) is 5.96. The van der Waals surface area contributed by atoms with Crippen LogP contribution in [-0.2, 0) is 13.1 Å². The van der Waals surface area contributed by atoms with E-state index in [4.69, 9.17) is 10.7 Å². The van der Waals surface area contributed by atoms with E-state index >= 15 is 0 Å². The summed E-state index contributed by atoms with van der Waals surface area (Å²) < 4.78 is 0. The van der Waals surface area contributed by atoms with Crippen LogP contribution in [0, 0.1) is 6.92 Å². The second kappa shape index (κ2) is 6.72. The van der Waals surface area contributed by atoms with Gasteiger partial charge in [-0.25, -0.2) is 4.98 Å². The van der Waals surface area contributed by atoms with Crippen LogP contribution in [-0.4, -0.2) is 12.0 Å². The molecule has 3 nitrogen and oxygen atoms in total. The molecule has 0 spiro atoms. The molecule has 0 fully saturated rings. The van der Waals surface area contributed by atoms with Gasteiger partial charge in [-0.2, -0.15) is 0 Å². The molecule has 0 amide bonds. The molecule has 2 rings (SSSR count). The molecule has 1 heterocycles. The molecule has 0 saturated heterocycles. The van der Waals surface area contributed by atoms with Gasteiger partial charge in [0, 0.05) is 25.8 Å². The molecule has 0 atom stereocenters. The van der Waals surface area contributed by atoms with E-state index in [2.05, 4.69) is 69.1 Å². The fraction of sp³-hybridized carbons (Fsp3) is 0.389. The molecule has 0 bridgehead atoms. The lowest BCUT2D eigenvalue weighted by atomic mass is 10.1. The van der Waals surface area contributed by atoms with Crippen LogP contribution in [0.1, 0.15) is 42.1 Å². The number of pyridine rings is 1. The topological polar surface area (TPSA) is 42.1 Å². The van der Waals surface area contributed by atoms with Gasteiger partial charge in [-0.1, -0.05) is 43.7 Å². The van der Waals surface area contributed by atoms with E-state index in [0.29, 0.717) is 12.5 Å². The van der Waals surface area contributed by atoms with Crippen molar-refractivity contribution in [1.82, 2.24) is 4.98 Å². The number of nitrogens with two attached hydrogens (primary N) is 1. The van der Waals surface area contributed by atoms with Crippen LogP contribution in [0.15, 0.2) is 36.4 Å². The van der Waals surface area contributed by atoms with Crippen molar-refractivity contribution >= 4 is 5.82 Å². The Morgan fingerprint density at radius 1 is 1.14 bits per heavy atom. The highest BCUT2D eigenvalue weighted by atomic mass is 15.2. The van der Waals surface area contributed by atoms with Crippen molar-refractivity contribution in [2.75, 3.05) is 11.9 Å². The minimum atomic E-state index is 0.405. The lowest BCUT2D eigenvalue weighted by Gasteiger charge is -2.21. The van der Waals surface area contributed by atoms with E-state index in [1.54, 1.807) is 0 Å². The molecule has 1 aromatic carbocycles. The Kier molecular flexibility index (Phi) is 4.97. The normalized spacial score (nSPS) is 11.0. The molecule has 0 saturated carbocycles. The average Bonchev–Trinajstić information content (AvgIpc) is 2.46. The van der Waals surface area contributed by atoms with E-state index in [9.17, 15) is 0 Å². The Bertz CT molecular complexity index is 605. The number of benzene rings is 1. The van der Waals surface area contributed by atoms with Crippen molar-refractivity contribution in [2.24, 2.45) is 5.73 Å². The smallest absolute Gasteiger partial charge is 0.129 e. The number of aromatic nitrogens is 1. The lowest BCUT2D eigenvalue weighted by Crippen LogP contribution is -2.19. The monoisotopic (exact) mass is 283 g/mol. The molecular weight excluding hydrogens is 258 g/mol. The maximum absolute atomic E-state index is 5.81. The van der Waals surface area contributed by atoms with Gasteiger partial charge >= 0.3 is 0 Å². The van der Waals surface area contributed by atoms with Crippen LogP contribution in [0.25, 0.3) is 0 Å². The maximum Gasteiger partial charge on any atom is 0.129 e. The van der Waals surface area contributed by atoms with E-state index in [0.717, 1.165) is 23.6 Å². The zero-order valence-corrected chi connectivity index (χ0v) is 13.4. The molecule has 1 aromatic heterocycles. The Balaban J connectivity index is 2.25. The van der Waals surface area contributed by atoms with Crippen LogP contribution >= 0.6 is 0 Å². The summed E-state index contributed by atoms with van der Waals surface area (Å²) in [6.07, 6.45) is 0. The third-order valence-electron chi connectivity index (χ3n) is 3.61. The number of hydrogen-bond donors (Lipinski definition) is 1. The molecule has 2 aromatic rings. The van der Waals surface area contributed by atoms with Crippen molar-refractivity contribution in [3.63, 3.8) is 0 Å². The molecule has 3 heteroatoms. The number of aryl methyl sites for hydroxylation is 1. The first-order valence-corrected chi connectivity index (χ1v) is 7.47. The molecule has 2 N–H and O–H groups in total. The summed E-state index contributed by atoms with van der Waals surface area (Å²) in [5, 5.41) is 0. The van der Waals surface area contributed by atoms with Gasteiger partial charge < -0.3 is 10.6 Å². The Labute approximate surface area is 127 Å². The molecule has 21 heavy (non-hydrogen) atoms. The van der Waals surface area contributed by atoms with Crippen LogP contribution in [0.4, 0.5) is 5.82 Å². The first kappa shape index (κ1) is 15.5. The molecule has 0 radical (unpaired) electrons. The Hall–Kier alpha value is -1.87. The molecule has 0 aliphatic rings. The predicted molar refractivity (Wildman–Crippen MR) is 89.5 cm³/mol. The van der Waals surface area contributed by atoms with Crippen molar-refractivity contribution in [3.05, 3.63) is 58.8 Å². The minimum absolute atomic E-state index is 0.405. The third-order valence-corrected chi connectivity index (χ3v) is 3.61. The lowest BCUT2D eigenvalue weighted by molar-refractivity contribution is 0.799. The minimum Gasteiger partial charge on any atom is -0.355 e. The first-order valence-electron chi connectivity index (χ1n) is 7.47. The quantitative estimate of drug-likeness (QED) is 0.911. The fourth-order valence-corrected chi connectivity index (χ4v) is 2.37. The zero-order valence-electron chi connectivity index (χ0n) is 13.4. The molecule has 0 aliphatic heterocycles. The van der Waals surface area contributed by atoms with Crippen molar-refractivity contribution in [3.8, 4) is 0 Å². The van der Waals surface area contributed by atoms with E-state index in [1.807, 2.05) is 0 Å². The van der Waals surface area contributed by atoms with Crippen molar-refractivity contribution < 1.29 is 0 Å². The number of nitrogens with zero attached hydrogens (tertiary/aromatic N) is 2. The number of rotatable bonds is 5. The SMILES string of the molecule is Cc1cccc(CN(C)c2cc(CN)cc(C(C)C)n2)c1. The highest BCUT2D eigenvalue weighted by molar-refractivity contribution is 5.43. The summed E-state index contributed by atoms with van der Waals surface area (Å²) in [4.78, 5) is 6.95. The molecular formula is C18H25N3. The standard InChI is InChI=1S/C18H25N3/c1-13(2)17-9-16(11-19)10-18(20-17)21(4)12-15-7-5-6-14(3)8-15/h5-10,13H,11-12,19H2,1-4H3. The Morgan fingerprint density at radius 2 is 1.90 bits per heavy atom. The van der Waals surface area contributed by atoms with E-state index < -0.39 is 0 Å². The van der Waals surface area contributed by atoms with Gasteiger partial charge in [-0.05, 0) is 36.1 Å². The van der Waals surface area contributed by atoms with Crippen molar-refractivity contribution in [2.45, 2.75) is 39.8 Å². The second-order valence-corrected chi connectivity index (χ2v) is 5.96. The highest BCUT2D eigenvalue weighted by Crippen LogP contribution is 2.21. The van der Waals surface area contributed by atoms with E-state index in [1.165, 1.54) is 11.1 Å².